The largest absolute Gasteiger partial charge is 0.359 e. The number of benzene rings is 2. The summed E-state index contributed by atoms with van der Waals surface area (Å²) in [5.41, 5.74) is 2.13. The minimum Gasteiger partial charge on any atom is -0.359 e. The van der Waals surface area contributed by atoms with E-state index < -0.39 is 0 Å². The van der Waals surface area contributed by atoms with Gasteiger partial charge in [0.2, 0.25) is 0 Å². The van der Waals surface area contributed by atoms with Crippen molar-refractivity contribution in [2.24, 2.45) is 0 Å². The van der Waals surface area contributed by atoms with Crippen molar-refractivity contribution in [2.75, 3.05) is 0 Å². The van der Waals surface area contributed by atoms with Gasteiger partial charge in [-0.3, -0.25) is 0 Å². The fourth-order valence-electron chi connectivity index (χ4n) is 2.60. The summed E-state index contributed by atoms with van der Waals surface area (Å²) >= 11 is 0. The monoisotopic (exact) mass is 270 g/mol. The maximum atomic E-state index is 14.0. The highest BCUT2D eigenvalue weighted by Gasteiger charge is 2.15. The van der Waals surface area contributed by atoms with Crippen LogP contribution in [0.2, 0.25) is 0 Å². The van der Waals surface area contributed by atoms with E-state index in [1.807, 2.05) is 18.2 Å². The summed E-state index contributed by atoms with van der Waals surface area (Å²) in [7, 11) is 0. The van der Waals surface area contributed by atoms with Gasteiger partial charge in [-0.1, -0.05) is 19.1 Å². The summed E-state index contributed by atoms with van der Waals surface area (Å²) < 4.78 is 27.4. The molecule has 0 fully saturated rings. The van der Waals surface area contributed by atoms with Gasteiger partial charge in [-0.25, -0.2) is 8.78 Å². The Morgan fingerprint density at radius 1 is 1.05 bits per heavy atom. The molecule has 0 aliphatic carbocycles. The smallest absolute Gasteiger partial charge is 0.147 e. The number of hydrogen-bond donors (Lipinski definition) is 1. The number of H-pyrrole nitrogens is 1. The molecule has 0 amide bonds. The molecule has 0 bridgehead atoms. The van der Waals surface area contributed by atoms with Crippen molar-refractivity contribution < 1.29 is 8.78 Å². The van der Waals surface area contributed by atoms with Gasteiger partial charge >= 0.3 is 0 Å². The van der Waals surface area contributed by atoms with Gasteiger partial charge in [0.05, 0.1) is 5.52 Å². The third-order valence-corrected chi connectivity index (χ3v) is 3.58. The molecule has 101 valence electrons. The molecule has 3 rings (SSSR count). The molecule has 0 spiro atoms. The Hall–Kier alpha value is -2.16. The fraction of sp³-hybridized carbons (Fsp3) is 0.118. The Morgan fingerprint density at radius 3 is 2.65 bits per heavy atom. The highest BCUT2D eigenvalue weighted by atomic mass is 19.1. The second-order valence-corrected chi connectivity index (χ2v) is 4.84. The van der Waals surface area contributed by atoms with E-state index >= 15 is 0 Å². The zero-order valence-electron chi connectivity index (χ0n) is 10.9. The van der Waals surface area contributed by atoms with Crippen molar-refractivity contribution in [2.45, 2.75) is 12.3 Å². The number of aromatic amines is 1. The number of nitrogens with one attached hydrogen (secondary N) is 1. The van der Waals surface area contributed by atoms with Crippen molar-refractivity contribution in [1.29, 1.82) is 0 Å². The molecule has 1 nitrogen and oxygen atoms in total. The van der Waals surface area contributed by atoms with Crippen LogP contribution in [-0.2, 0) is 0 Å². The topological polar surface area (TPSA) is 15.8 Å². The molecule has 0 aliphatic heterocycles. The average Bonchev–Trinajstić information content (AvgIpc) is 2.88. The average molecular weight is 270 g/mol. The van der Waals surface area contributed by atoms with Crippen LogP contribution in [0.25, 0.3) is 10.9 Å². The first-order valence-electron chi connectivity index (χ1n) is 6.50. The van der Waals surface area contributed by atoms with E-state index in [1.165, 1.54) is 18.2 Å². The number of aromatic nitrogens is 1. The summed E-state index contributed by atoms with van der Waals surface area (Å²) in [6.45, 7) is 3.91. The van der Waals surface area contributed by atoms with E-state index in [0.717, 1.165) is 16.5 Å². The van der Waals surface area contributed by atoms with Gasteiger partial charge in [0.1, 0.15) is 11.6 Å². The number of halogens is 2. The lowest BCUT2D eigenvalue weighted by Gasteiger charge is -2.16. The molecule has 1 atom stereocenters. The molecule has 1 radical (unpaired) electrons. The quantitative estimate of drug-likeness (QED) is 0.703. The maximum Gasteiger partial charge on any atom is 0.147 e. The molecule has 20 heavy (non-hydrogen) atoms. The van der Waals surface area contributed by atoms with Crippen LogP contribution in [-0.4, -0.2) is 4.98 Å². The molecule has 1 unspecified atom stereocenters. The predicted octanol–water partition coefficient (Wildman–Crippen LogP) is 4.80. The molecule has 1 heterocycles. The second-order valence-electron chi connectivity index (χ2n) is 4.84. The lowest BCUT2D eigenvalue weighted by molar-refractivity contribution is 0.621. The van der Waals surface area contributed by atoms with Gasteiger partial charge in [0, 0.05) is 17.5 Å². The Labute approximate surface area is 116 Å². The van der Waals surface area contributed by atoms with E-state index in [1.54, 1.807) is 12.3 Å². The van der Waals surface area contributed by atoms with Crippen molar-refractivity contribution >= 4 is 10.9 Å². The predicted molar refractivity (Wildman–Crippen MR) is 76.5 cm³/mol. The number of rotatable bonds is 3. The first kappa shape index (κ1) is 12.9. The summed E-state index contributed by atoms with van der Waals surface area (Å²) in [6, 6.07) is 11.6. The molecule has 1 N–H and O–H groups in total. The molecule has 2 aromatic carbocycles. The van der Waals surface area contributed by atoms with Crippen LogP contribution < -0.4 is 0 Å². The molecule has 3 aromatic rings. The summed E-state index contributed by atoms with van der Waals surface area (Å²) in [4.78, 5) is 2.87. The first-order chi connectivity index (χ1) is 9.69. The Balaban J connectivity index is 2.11. The van der Waals surface area contributed by atoms with Crippen LogP contribution in [0.15, 0.2) is 48.7 Å². The third kappa shape index (κ3) is 2.20. The highest BCUT2D eigenvalue weighted by molar-refractivity contribution is 5.81. The minimum atomic E-state index is -0.294. The van der Waals surface area contributed by atoms with Crippen LogP contribution in [0, 0.1) is 18.6 Å². The number of hydrogen-bond acceptors (Lipinski definition) is 0. The molecule has 0 saturated carbocycles. The van der Waals surface area contributed by atoms with Gasteiger partial charge in [-0.05, 0) is 47.9 Å². The molecule has 0 aliphatic rings. The van der Waals surface area contributed by atoms with Gasteiger partial charge in [0.25, 0.3) is 0 Å². The Bertz CT molecular complexity index is 746. The van der Waals surface area contributed by atoms with E-state index in [-0.39, 0.29) is 17.6 Å². The molecule has 1 aromatic heterocycles. The summed E-state index contributed by atoms with van der Waals surface area (Å²) in [5, 5.41) is 0.815. The van der Waals surface area contributed by atoms with E-state index in [9.17, 15) is 8.78 Å². The van der Waals surface area contributed by atoms with Crippen LogP contribution in [0.3, 0.4) is 0 Å². The lowest BCUT2D eigenvalue weighted by atomic mass is 9.88. The summed E-state index contributed by atoms with van der Waals surface area (Å²) in [6.07, 6.45) is 2.25. The first-order valence-corrected chi connectivity index (χ1v) is 6.50. The van der Waals surface area contributed by atoms with E-state index in [0.29, 0.717) is 11.9 Å². The SMILES string of the molecule is [CH2]CC(c1cccc(F)c1)c1cc(F)c2[nH]ccc2c1. The number of fused-ring (bicyclic) bond motifs is 1. The molecular weight excluding hydrogens is 256 g/mol. The van der Waals surface area contributed by atoms with Gasteiger partial charge in [0.15, 0.2) is 0 Å². The van der Waals surface area contributed by atoms with Gasteiger partial charge in [-0.15, -0.1) is 0 Å². The van der Waals surface area contributed by atoms with Gasteiger partial charge in [-0.2, -0.15) is 0 Å². The normalized spacial score (nSPS) is 12.8. The highest BCUT2D eigenvalue weighted by Crippen LogP contribution is 2.31. The van der Waals surface area contributed by atoms with Crippen LogP contribution >= 0.6 is 0 Å². The lowest BCUT2D eigenvalue weighted by Crippen LogP contribution is -2.01. The zero-order valence-corrected chi connectivity index (χ0v) is 10.9. The van der Waals surface area contributed by atoms with Gasteiger partial charge < -0.3 is 4.98 Å². The van der Waals surface area contributed by atoms with Crippen molar-refractivity contribution in [3.8, 4) is 0 Å². The summed E-state index contributed by atoms with van der Waals surface area (Å²) in [5.74, 6) is -0.694. The Kier molecular flexibility index (Phi) is 3.26. The zero-order chi connectivity index (χ0) is 14.1. The van der Waals surface area contributed by atoms with E-state index in [4.69, 9.17) is 0 Å². The fourth-order valence-corrected chi connectivity index (χ4v) is 2.60. The second kappa shape index (κ2) is 5.08. The molecule has 0 saturated heterocycles. The van der Waals surface area contributed by atoms with Crippen molar-refractivity contribution in [3.05, 3.63) is 78.3 Å². The molecular formula is C17H14F2N. The van der Waals surface area contributed by atoms with E-state index in [2.05, 4.69) is 11.9 Å². The van der Waals surface area contributed by atoms with Crippen LogP contribution in [0.4, 0.5) is 8.78 Å². The van der Waals surface area contributed by atoms with Crippen LogP contribution in [0.1, 0.15) is 23.5 Å². The Morgan fingerprint density at radius 2 is 1.90 bits per heavy atom. The standard InChI is InChI=1S/C17H14F2N/c1-2-15(11-4-3-5-14(18)9-11)13-8-12-6-7-20-17(12)16(19)10-13/h3-10,15,20H,1-2H2. The third-order valence-electron chi connectivity index (χ3n) is 3.58. The maximum absolute atomic E-state index is 14.0. The van der Waals surface area contributed by atoms with Crippen molar-refractivity contribution in [1.82, 2.24) is 4.98 Å². The minimum absolute atomic E-state index is 0.112. The van der Waals surface area contributed by atoms with Crippen molar-refractivity contribution in [3.63, 3.8) is 0 Å². The molecule has 3 heteroatoms. The van der Waals surface area contributed by atoms with Crippen LogP contribution in [0.5, 0.6) is 0 Å².